The number of hydrogen-bond donors (Lipinski definition) is 1. The molecule has 0 saturated carbocycles. The zero-order valence-electron chi connectivity index (χ0n) is 12.6. The summed E-state index contributed by atoms with van der Waals surface area (Å²) in [6.45, 7) is 5.92. The van der Waals surface area contributed by atoms with Crippen LogP contribution in [0.4, 0.5) is 0 Å². The van der Waals surface area contributed by atoms with E-state index >= 15 is 0 Å². The third-order valence-corrected chi connectivity index (χ3v) is 5.08. The van der Waals surface area contributed by atoms with Crippen LogP contribution in [0, 0.1) is 6.92 Å². The van der Waals surface area contributed by atoms with Crippen molar-refractivity contribution in [1.82, 2.24) is 15.3 Å². The zero-order chi connectivity index (χ0) is 15.5. The number of hydrogen-bond acceptors (Lipinski definition) is 5. The van der Waals surface area contributed by atoms with E-state index in [0.29, 0.717) is 4.88 Å². The molecule has 0 aliphatic carbocycles. The molecule has 2 heterocycles. The molecule has 6 heteroatoms. The van der Waals surface area contributed by atoms with Crippen molar-refractivity contribution in [1.29, 1.82) is 0 Å². The highest BCUT2D eigenvalue weighted by Gasteiger charge is 2.23. The minimum Gasteiger partial charge on any atom is -0.346 e. The van der Waals surface area contributed by atoms with Crippen LogP contribution in [0.5, 0.6) is 0 Å². The zero-order valence-corrected chi connectivity index (χ0v) is 14.3. The van der Waals surface area contributed by atoms with E-state index < -0.39 is 0 Å². The van der Waals surface area contributed by atoms with Crippen LogP contribution >= 0.6 is 23.1 Å². The van der Waals surface area contributed by atoms with Crippen molar-refractivity contribution >= 4 is 29.0 Å². The fourth-order valence-corrected chi connectivity index (χ4v) is 3.73. The number of pyridine rings is 1. The van der Waals surface area contributed by atoms with E-state index in [1.807, 2.05) is 39.2 Å². The highest BCUT2D eigenvalue weighted by atomic mass is 32.2. The van der Waals surface area contributed by atoms with E-state index in [-0.39, 0.29) is 11.4 Å². The van der Waals surface area contributed by atoms with Crippen molar-refractivity contribution in [2.75, 3.05) is 12.0 Å². The molecule has 0 fully saturated rings. The van der Waals surface area contributed by atoms with Gasteiger partial charge in [0, 0.05) is 29.2 Å². The molecule has 2 aromatic heterocycles. The van der Waals surface area contributed by atoms with Crippen LogP contribution in [-0.4, -0.2) is 33.4 Å². The van der Waals surface area contributed by atoms with Crippen molar-refractivity contribution < 1.29 is 4.79 Å². The fraction of sp³-hybridized carbons (Fsp3) is 0.400. The normalized spacial score (nSPS) is 11.4. The number of nitrogens with zero attached hydrogens (tertiary/aromatic N) is 2. The summed E-state index contributed by atoms with van der Waals surface area (Å²) in [5.74, 6) is 0.811. The van der Waals surface area contributed by atoms with Gasteiger partial charge in [0.05, 0.1) is 5.69 Å². The topological polar surface area (TPSA) is 54.9 Å². The molecule has 1 N–H and O–H groups in total. The molecule has 4 nitrogen and oxygen atoms in total. The van der Waals surface area contributed by atoms with Crippen LogP contribution in [-0.2, 0) is 0 Å². The summed E-state index contributed by atoms with van der Waals surface area (Å²) in [6, 6.07) is 3.82. The molecule has 2 rings (SSSR count). The van der Waals surface area contributed by atoms with E-state index in [2.05, 4.69) is 15.3 Å². The number of thiazole rings is 1. The first kappa shape index (κ1) is 16.0. The first-order chi connectivity index (χ1) is 9.93. The Morgan fingerprint density at radius 1 is 1.48 bits per heavy atom. The van der Waals surface area contributed by atoms with Crippen molar-refractivity contribution in [2.24, 2.45) is 0 Å². The minimum absolute atomic E-state index is 0.0563. The van der Waals surface area contributed by atoms with E-state index in [1.165, 1.54) is 11.3 Å². The van der Waals surface area contributed by atoms with Gasteiger partial charge in [0.25, 0.3) is 5.91 Å². The van der Waals surface area contributed by atoms with Crippen LogP contribution in [0.2, 0.25) is 0 Å². The summed E-state index contributed by atoms with van der Waals surface area (Å²) in [7, 11) is 0. The molecule has 21 heavy (non-hydrogen) atoms. The molecule has 0 spiro atoms. The highest BCUT2D eigenvalue weighted by molar-refractivity contribution is 7.98. The Labute approximate surface area is 133 Å². The first-order valence-corrected chi connectivity index (χ1v) is 8.83. The van der Waals surface area contributed by atoms with Gasteiger partial charge in [-0.15, -0.1) is 11.3 Å². The van der Waals surface area contributed by atoms with Crippen molar-refractivity contribution in [3.05, 3.63) is 35.1 Å². The number of amides is 1. The molecule has 0 saturated heterocycles. The molecule has 0 aliphatic rings. The van der Waals surface area contributed by atoms with Crippen LogP contribution in [0.15, 0.2) is 24.5 Å². The van der Waals surface area contributed by atoms with Gasteiger partial charge < -0.3 is 5.32 Å². The third kappa shape index (κ3) is 4.04. The summed E-state index contributed by atoms with van der Waals surface area (Å²) in [6.07, 6.45) is 5.52. The standard InChI is InChI=1S/C15H19N3OS2/c1-10-12(13(19)18-15(2,3)9-20-4)21-14(17-10)11-6-5-7-16-8-11/h5-8H,9H2,1-4H3,(H,18,19). The lowest BCUT2D eigenvalue weighted by Crippen LogP contribution is -2.45. The molecule has 0 unspecified atom stereocenters. The molecule has 0 aromatic carbocycles. The Balaban J connectivity index is 2.21. The van der Waals surface area contributed by atoms with E-state index in [0.717, 1.165) is 22.0 Å². The van der Waals surface area contributed by atoms with Crippen LogP contribution in [0.25, 0.3) is 10.6 Å². The monoisotopic (exact) mass is 321 g/mol. The maximum atomic E-state index is 12.4. The first-order valence-electron chi connectivity index (χ1n) is 6.62. The van der Waals surface area contributed by atoms with Gasteiger partial charge in [0.1, 0.15) is 9.88 Å². The number of carbonyl (C=O) groups is 1. The van der Waals surface area contributed by atoms with Gasteiger partial charge >= 0.3 is 0 Å². The largest absolute Gasteiger partial charge is 0.346 e. The van der Waals surface area contributed by atoms with Gasteiger partial charge in [-0.25, -0.2) is 4.98 Å². The number of rotatable bonds is 5. The highest BCUT2D eigenvalue weighted by Crippen LogP contribution is 2.27. The number of nitrogens with one attached hydrogen (secondary N) is 1. The fourth-order valence-electron chi connectivity index (χ4n) is 1.98. The second-order valence-electron chi connectivity index (χ2n) is 5.45. The Kier molecular flexibility index (Phi) is 5.00. The van der Waals surface area contributed by atoms with Crippen molar-refractivity contribution in [3.63, 3.8) is 0 Å². The van der Waals surface area contributed by atoms with Crippen LogP contribution in [0.1, 0.15) is 29.2 Å². The predicted molar refractivity (Wildman–Crippen MR) is 90.0 cm³/mol. The summed E-state index contributed by atoms with van der Waals surface area (Å²) in [5, 5.41) is 3.90. The second-order valence-corrected chi connectivity index (χ2v) is 7.31. The number of aryl methyl sites for hydroxylation is 1. The minimum atomic E-state index is -0.235. The Morgan fingerprint density at radius 3 is 2.86 bits per heavy atom. The third-order valence-electron chi connectivity index (χ3n) is 2.87. The van der Waals surface area contributed by atoms with Gasteiger partial charge in [-0.3, -0.25) is 9.78 Å². The summed E-state index contributed by atoms with van der Waals surface area (Å²) in [5.41, 5.74) is 1.46. The van der Waals surface area contributed by atoms with Gasteiger partial charge in [-0.1, -0.05) is 0 Å². The summed E-state index contributed by atoms with van der Waals surface area (Å²) < 4.78 is 0. The van der Waals surface area contributed by atoms with E-state index in [1.54, 1.807) is 24.2 Å². The van der Waals surface area contributed by atoms with Gasteiger partial charge in [0.2, 0.25) is 0 Å². The van der Waals surface area contributed by atoms with E-state index in [9.17, 15) is 4.79 Å². The number of carbonyl (C=O) groups excluding carboxylic acids is 1. The van der Waals surface area contributed by atoms with E-state index in [4.69, 9.17) is 0 Å². The molecular formula is C15H19N3OS2. The quantitative estimate of drug-likeness (QED) is 0.917. The molecule has 112 valence electrons. The average Bonchev–Trinajstić information content (AvgIpc) is 2.81. The van der Waals surface area contributed by atoms with Crippen molar-refractivity contribution in [3.8, 4) is 10.6 Å². The smallest absolute Gasteiger partial charge is 0.263 e. The second kappa shape index (κ2) is 6.58. The molecular weight excluding hydrogens is 302 g/mol. The lowest BCUT2D eigenvalue weighted by molar-refractivity contribution is 0.0924. The van der Waals surface area contributed by atoms with Crippen molar-refractivity contribution in [2.45, 2.75) is 26.3 Å². The maximum absolute atomic E-state index is 12.4. The van der Waals surface area contributed by atoms with Gasteiger partial charge in [0.15, 0.2) is 0 Å². The Hall–Kier alpha value is -1.40. The maximum Gasteiger partial charge on any atom is 0.263 e. The van der Waals surface area contributed by atoms with Gasteiger partial charge in [-0.2, -0.15) is 11.8 Å². The Bertz CT molecular complexity index is 623. The lowest BCUT2D eigenvalue weighted by Gasteiger charge is -2.24. The molecule has 0 bridgehead atoms. The number of aromatic nitrogens is 2. The predicted octanol–water partition coefficient (Wildman–Crippen LogP) is 3.38. The Morgan fingerprint density at radius 2 is 2.24 bits per heavy atom. The average molecular weight is 321 g/mol. The van der Waals surface area contributed by atoms with Crippen LogP contribution < -0.4 is 5.32 Å². The number of thioether (sulfide) groups is 1. The summed E-state index contributed by atoms with van der Waals surface area (Å²) in [4.78, 5) is 21.7. The molecule has 1 amide bonds. The molecule has 0 atom stereocenters. The SMILES string of the molecule is CSCC(C)(C)NC(=O)c1sc(-c2cccnc2)nc1C. The summed E-state index contributed by atoms with van der Waals surface area (Å²) >= 11 is 3.13. The van der Waals surface area contributed by atoms with Gasteiger partial charge in [-0.05, 0) is 39.2 Å². The molecule has 2 aromatic rings. The lowest BCUT2D eigenvalue weighted by atomic mass is 10.1. The molecule has 0 aliphatic heterocycles. The molecule has 0 radical (unpaired) electrons. The van der Waals surface area contributed by atoms with Crippen LogP contribution in [0.3, 0.4) is 0 Å².